The van der Waals surface area contributed by atoms with Crippen molar-refractivity contribution in [1.82, 2.24) is 9.21 Å². The first-order valence-electron chi connectivity index (χ1n) is 11.9. The van der Waals surface area contributed by atoms with E-state index in [-0.39, 0.29) is 41.4 Å². The van der Waals surface area contributed by atoms with E-state index in [1.54, 1.807) is 31.4 Å². The predicted octanol–water partition coefficient (Wildman–Crippen LogP) is 2.17. The fourth-order valence-electron chi connectivity index (χ4n) is 4.52. The molecule has 2 heterocycles. The summed E-state index contributed by atoms with van der Waals surface area (Å²) in [6, 6.07) is 11.8. The number of nitrogens with zero attached hydrogens (tertiary/aromatic N) is 2. The van der Waals surface area contributed by atoms with E-state index in [1.165, 1.54) is 40.6 Å². The number of hydrogen-bond donors (Lipinski definition) is 1. The van der Waals surface area contributed by atoms with Crippen molar-refractivity contribution in [2.75, 3.05) is 53.7 Å². The number of ketones is 1. The standard InChI is InChI=1S/C26H30N2O8S/c1-34-14-4-11-28-23(19-5-3-6-20(17-19)35-2)22(25(30)26(28)31)24(29)18-7-9-21(10-8-18)37(32,33)27-12-15-36-16-13-27/h3,5-10,17,23,29H,4,11-16H2,1-2H3/b24-22+/t23-/m0/s1. The van der Waals surface area contributed by atoms with Gasteiger partial charge in [0, 0.05) is 38.9 Å². The summed E-state index contributed by atoms with van der Waals surface area (Å²) in [7, 11) is -0.658. The second kappa shape index (κ2) is 11.4. The third-order valence-electron chi connectivity index (χ3n) is 6.43. The van der Waals surface area contributed by atoms with Crippen molar-refractivity contribution in [2.24, 2.45) is 0 Å². The van der Waals surface area contributed by atoms with Gasteiger partial charge in [-0.1, -0.05) is 12.1 Å². The highest BCUT2D eigenvalue weighted by molar-refractivity contribution is 7.89. The third kappa shape index (κ3) is 5.40. The van der Waals surface area contributed by atoms with Crippen LogP contribution in [0.5, 0.6) is 5.75 Å². The van der Waals surface area contributed by atoms with Gasteiger partial charge in [-0.05, 0) is 48.4 Å². The SMILES string of the molecule is COCCCN1C(=O)C(=O)/C(=C(/O)c2ccc(S(=O)(=O)N3CCOCC3)cc2)[C@@H]1c1cccc(OC)c1. The minimum Gasteiger partial charge on any atom is -0.507 e. The Hall–Kier alpha value is -3.25. The highest BCUT2D eigenvalue weighted by Crippen LogP contribution is 2.40. The van der Waals surface area contributed by atoms with Gasteiger partial charge >= 0.3 is 0 Å². The number of likely N-dealkylation sites (tertiary alicyclic amines) is 1. The monoisotopic (exact) mass is 530 g/mol. The Kier molecular flexibility index (Phi) is 8.28. The van der Waals surface area contributed by atoms with Crippen LogP contribution in [0.4, 0.5) is 0 Å². The minimum absolute atomic E-state index is 0.0651. The molecule has 1 amide bonds. The Morgan fingerprint density at radius 2 is 1.78 bits per heavy atom. The number of carbonyl (C=O) groups is 2. The molecule has 0 aromatic heterocycles. The van der Waals surface area contributed by atoms with E-state index in [0.717, 1.165) is 0 Å². The lowest BCUT2D eigenvalue weighted by atomic mass is 9.95. The molecule has 0 spiro atoms. The van der Waals surface area contributed by atoms with Crippen molar-refractivity contribution in [3.8, 4) is 5.75 Å². The van der Waals surface area contributed by atoms with Crippen LogP contribution >= 0.6 is 0 Å². The number of benzene rings is 2. The van der Waals surface area contributed by atoms with Gasteiger partial charge < -0.3 is 24.2 Å². The molecule has 2 aromatic carbocycles. The molecule has 2 aliphatic rings. The zero-order valence-corrected chi connectivity index (χ0v) is 21.6. The summed E-state index contributed by atoms with van der Waals surface area (Å²) < 4.78 is 42.9. The quantitative estimate of drug-likeness (QED) is 0.227. The summed E-state index contributed by atoms with van der Waals surface area (Å²) in [4.78, 5) is 27.6. The number of aliphatic hydroxyl groups excluding tert-OH is 1. The lowest BCUT2D eigenvalue weighted by Gasteiger charge is -2.26. The predicted molar refractivity (Wildman–Crippen MR) is 135 cm³/mol. The summed E-state index contributed by atoms with van der Waals surface area (Å²) in [6.45, 7) is 1.81. The largest absolute Gasteiger partial charge is 0.507 e. The Morgan fingerprint density at radius 1 is 1.08 bits per heavy atom. The van der Waals surface area contributed by atoms with Gasteiger partial charge in [0.25, 0.3) is 11.7 Å². The second-order valence-electron chi connectivity index (χ2n) is 8.66. The highest BCUT2D eigenvalue weighted by atomic mass is 32.2. The molecule has 0 bridgehead atoms. The molecule has 1 N–H and O–H groups in total. The van der Waals surface area contributed by atoms with Crippen LogP contribution in [0, 0.1) is 0 Å². The molecule has 4 rings (SSSR count). The average molecular weight is 531 g/mol. The van der Waals surface area contributed by atoms with Crippen LogP contribution in [-0.2, 0) is 29.1 Å². The first-order valence-corrected chi connectivity index (χ1v) is 13.3. The first-order chi connectivity index (χ1) is 17.8. The number of morpholine rings is 1. The number of ether oxygens (including phenoxy) is 3. The molecule has 2 saturated heterocycles. The van der Waals surface area contributed by atoms with Gasteiger partial charge in [0.05, 0.1) is 36.8 Å². The molecule has 0 aliphatic carbocycles. The number of rotatable bonds is 9. The molecule has 0 saturated carbocycles. The van der Waals surface area contributed by atoms with Crippen LogP contribution in [-0.4, -0.2) is 88.1 Å². The maximum atomic E-state index is 13.1. The number of carbonyl (C=O) groups excluding carboxylic acids is 2. The topological polar surface area (TPSA) is 123 Å². The van der Waals surface area contributed by atoms with Crippen LogP contribution in [0.3, 0.4) is 0 Å². The van der Waals surface area contributed by atoms with Crippen molar-refractivity contribution in [2.45, 2.75) is 17.4 Å². The molecular weight excluding hydrogens is 500 g/mol. The van der Waals surface area contributed by atoms with E-state index >= 15 is 0 Å². The smallest absolute Gasteiger partial charge is 0.295 e. The maximum Gasteiger partial charge on any atom is 0.295 e. The van der Waals surface area contributed by atoms with Gasteiger partial charge in [0.1, 0.15) is 11.5 Å². The van der Waals surface area contributed by atoms with Crippen LogP contribution in [0.15, 0.2) is 59.0 Å². The van der Waals surface area contributed by atoms with Gasteiger partial charge in [-0.3, -0.25) is 9.59 Å². The summed E-state index contributed by atoms with van der Waals surface area (Å²) >= 11 is 0. The molecule has 198 valence electrons. The van der Waals surface area contributed by atoms with Crippen LogP contribution in [0.1, 0.15) is 23.6 Å². The minimum atomic E-state index is -3.73. The number of hydrogen-bond acceptors (Lipinski definition) is 8. The third-order valence-corrected chi connectivity index (χ3v) is 8.35. The summed E-state index contributed by atoms with van der Waals surface area (Å²) in [5.74, 6) is -1.38. The fourth-order valence-corrected chi connectivity index (χ4v) is 5.93. The van der Waals surface area contributed by atoms with Crippen LogP contribution in [0.2, 0.25) is 0 Å². The zero-order valence-electron chi connectivity index (χ0n) is 20.8. The van der Waals surface area contributed by atoms with E-state index in [0.29, 0.717) is 37.6 Å². The fraction of sp³-hybridized carbons (Fsp3) is 0.385. The number of Topliss-reactive ketones (excluding diaryl/α,β-unsaturated/α-hetero) is 1. The Morgan fingerprint density at radius 3 is 2.43 bits per heavy atom. The van der Waals surface area contributed by atoms with Gasteiger partial charge in [-0.15, -0.1) is 0 Å². The molecule has 11 heteroatoms. The Bertz CT molecular complexity index is 1280. The lowest BCUT2D eigenvalue weighted by molar-refractivity contribution is -0.140. The molecule has 2 aromatic rings. The Balaban J connectivity index is 1.73. The molecule has 0 radical (unpaired) electrons. The summed E-state index contributed by atoms with van der Waals surface area (Å²) in [6.07, 6.45) is 0.498. The summed E-state index contributed by atoms with van der Waals surface area (Å²) in [5, 5.41) is 11.2. The van der Waals surface area contributed by atoms with Crippen molar-refractivity contribution in [3.05, 3.63) is 65.2 Å². The Labute approximate surface area is 216 Å². The maximum absolute atomic E-state index is 13.1. The van der Waals surface area contributed by atoms with E-state index in [2.05, 4.69) is 0 Å². The van der Waals surface area contributed by atoms with Crippen molar-refractivity contribution in [3.63, 3.8) is 0 Å². The molecule has 0 unspecified atom stereocenters. The first kappa shape index (κ1) is 26.8. The highest BCUT2D eigenvalue weighted by Gasteiger charge is 2.46. The average Bonchev–Trinajstić information content (AvgIpc) is 3.18. The van der Waals surface area contributed by atoms with E-state index in [1.807, 2.05) is 0 Å². The molecule has 37 heavy (non-hydrogen) atoms. The van der Waals surface area contributed by atoms with Crippen molar-refractivity contribution >= 4 is 27.5 Å². The zero-order chi connectivity index (χ0) is 26.6. The lowest BCUT2D eigenvalue weighted by Crippen LogP contribution is -2.40. The number of aliphatic hydroxyl groups is 1. The van der Waals surface area contributed by atoms with Gasteiger partial charge in [0.15, 0.2) is 0 Å². The van der Waals surface area contributed by atoms with Crippen LogP contribution in [0.25, 0.3) is 5.76 Å². The number of sulfonamides is 1. The van der Waals surface area contributed by atoms with Crippen LogP contribution < -0.4 is 4.74 Å². The molecular formula is C26H30N2O8S. The van der Waals surface area contributed by atoms with Crippen molar-refractivity contribution < 1.29 is 37.3 Å². The van der Waals surface area contributed by atoms with E-state index in [4.69, 9.17) is 14.2 Å². The molecule has 1 atom stereocenters. The molecule has 2 fully saturated rings. The number of amides is 1. The molecule has 10 nitrogen and oxygen atoms in total. The van der Waals surface area contributed by atoms with Gasteiger partial charge in [-0.2, -0.15) is 4.31 Å². The molecule has 2 aliphatic heterocycles. The summed E-state index contributed by atoms with van der Waals surface area (Å²) in [5.41, 5.74) is 0.757. The second-order valence-corrected chi connectivity index (χ2v) is 10.6. The van der Waals surface area contributed by atoms with Gasteiger partial charge in [0.2, 0.25) is 10.0 Å². The van der Waals surface area contributed by atoms with Crippen molar-refractivity contribution in [1.29, 1.82) is 0 Å². The number of methoxy groups -OCH3 is 2. The normalized spacial score (nSPS) is 20.4. The van der Waals surface area contributed by atoms with E-state index < -0.39 is 27.8 Å². The van der Waals surface area contributed by atoms with E-state index in [9.17, 15) is 23.1 Å². The van der Waals surface area contributed by atoms with Gasteiger partial charge in [-0.25, -0.2) is 8.42 Å².